The van der Waals surface area contributed by atoms with Gasteiger partial charge in [0.2, 0.25) is 0 Å². The lowest BCUT2D eigenvalue weighted by Crippen LogP contribution is -2.49. The molecule has 2 rings (SSSR count). The van der Waals surface area contributed by atoms with Crippen LogP contribution < -0.4 is 16.0 Å². The number of benzene rings is 1. The van der Waals surface area contributed by atoms with Gasteiger partial charge in [-0.15, -0.1) is 0 Å². The number of nitrogens with two attached hydrogens (primary N) is 1. The summed E-state index contributed by atoms with van der Waals surface area (Å²) in [6, 6.07) is 7.69. The second kappa shape index (κ2) is 6.41. The van der Waals surface area contributed by atoms with Crippen LogP contribution in [-0.2, 0) is 0 Å². The maximum Gasteiger partial charge on any atom is 0.121 e. The Morgan fingerprint density at radius 1 is 1.39 bits per heavy atom. The van der Waals surface area contributed by atoms with Gasteiger partial charge in [-0.25, -0.2) is 0 Å². The third-order valence-corrected chi connectivity index (χ3v) is 3.96. The SMILES string of the molecule is CC(Oc1cccc(Cl)c1)C(NN)C1CCCC1. The van der Waals surface area contributed by atoms with E-state index >= 15 is 0 Å². The summed E-state index contributed by atoms with van der Waals surface area (Å²) in [5, 5.41) is 0.692. The summed E-state index contributed by atoms with van der Waals surface area (Å²) in [6.45, 7) is 2.06. The van der Waals surface area contributed by atoms with Gasteiger partial charge in [0.05, 0.1) is 6.04 Å². The number of hydrogen-bond donors (Lipinski definition) is 2. The highest BCUT2D eigenvalue weighted by Gasteiger charge is 2.29. The lowest BCUT2D eigenvalue weighted by atomic mass is 9.94. The van der Waals surface area contributed by atoms with Gasteiger partial charge in [0.25, 0.3) is 0 Å². The van der Waals surface area contributed by atoms with Crippen molar-refractivity contribution < 1.29 is 4.74 Å². The second-order valence-electron chi connectivity index (χ2n) is 5.02. The zero-order valence-electron chi connectivity index (χ0n) is 10.7. The number of rotatable bonds is 5. The fraction of sp³-hybridized carbons (Fsp3) is 0.571. The minimum atomic E-state index is 0.0385. The highest BCUT2D eigenvalue weighted by Crippen LogP contribution is 2.30. The highest BCUT2D eigenvalue weighted by molar-refractivity contribution is 6.30. The molecule has 0 aliphatic heterocycles. The molecule has 0 saturated heterocycles. The molecule has 100 valence electrons. The Morgan fingerprint density at radius 2 is 2.11 bits per heavy atom. The van der Waals surface area contributed by atoms with E-state index < -0.39 is 0 Å². The summed E-state index contributed by atoms with van der Waals surface area (Å²) < 4.78 is 5.93. The summed E-state index contributed by atoms with van der Waals surface area (Å²) in [7, 11) is 0. The summed E-state index contributed by atoms with van der Waals surface area (Å²) in [5.41, 5.74) is 2.92. The Hall–Kier alpha value is -0.770. The summed E-state index contributed by atoms with van der Waals surface area (Å²) in [6.07, 6.45) is 5.10. The van der Waals surface area contributed by atoms with Crippen molar-refractivity contribution in [2.75, 3.05) is 0 Å². The molecule has 0 amide bonds. The van der Waals surface area contributed by atoms with Crippen molar-refractivity contribution in [1.29, 1.82) is 0 Å². The van der Waals surface area contributed by atoms with Gasteiger partial charge in [-0.05, 0) is 43.9 Å². The summed E-state index contributed by atoms with van der Waals surface area (Å²) >= 11 is 5.95. The van der Waals surface area contributed by atoms with Crippen LogP contribution in [0, 0.1) is 5.92 Å². The van der Waals surface area contributed by atoms with E-state index in [-0.39, 0.29) is 12.1 Å². The van der Waals surface area contributed by atoms with Crippen LogP contribution in [0.4, 0.5) is 0 Å². The van der Waals surface area contributed by atoms with Gasteiger partial charge >= 0.3 is 0 Å². The summed E-state index contributed by atoms with van der Waals surface area (Å²) in [5.74, 6) is 7.10. The van der Waals surface area contributed by atoms with Crippen molar-refractivity contribution in [3.05, 3.63) is 29.3 Å². The van der Waals surface area contributed by atoms with Crippen LogP contribution in [0.3, 0.4) is 0 Å². The van der Waals surface area contributed by atoms with E-state index in [1.807, 2.05) is 24.3 Å². The van der Waals surface area contributed by atoms with Crippen LogP contribution >= 0.6 is 11.6 Å². The number of hydrazine groups is 1. The van der Waals surface area contributed by atoms with Crippen LogP contribution in [-0.4, -0.2) is 12.1 Å². The van der Waals surface area contributed by atoms with Gasteiger partial charge in [-0.2, -0.15) is 0 Å². The molecule has 1 aliphatic carbocycles. The van der Waals surface area contributed by atoms with E-state index in [2.05, 4.69) is 12.3 Å². The Balaban J connectivity index is 1.98. The summed E-state index contributed by atoms with van der Waals surface area (Å²) in [4.78, 5) is 0. The molecule has 0 heterocycles. The number of ether oxygens (including phenoxy) is 1. The zero-order chi connectivity index (χ0) is 13.0. The van der Waals surface area contributed by atoms with Crippen molar-refractivity contribution in [1.82, 2.24) is 5.43 Å². The van der Waals surface area contributed by atoms with Crippen molar-refractivity contribution in [3.8, 4) is 5.75 Å². The fourth-order valence-electron chi connectivity index (χ4n) is 2.80. The fourth-order valence-corrected chi connectivity index (χ4v) is 2.98. The molecule has 0 radical (unpaired) electrons. The molecule has 0 bridgehead atoms. The first-order valence-corrected chi connectivity index (χ1v) is 6.97. The maximum absolute atomic E-state index is 5.95. The van der Waals surface area contributed by atoms with E-state index in [0.717, 1.165) is 5.75 Å². The topological polar surface area (TPSA) is 47.3 Å². The molecule has 2 atom stereocenters. The lowest BCUT2D eigenvalue weighted by Gasteiger charge is -2.29. The van der Waals surface area contributed by atoms with E-state index in [9.17, 15) is 0 Å². The molecule has 4 heteroatoms. The molecule has 1 aliphatic rings. The van der Waals surface area contributed by atoms with Crippen molar-refractivity contribution in [2.24, 2.45) is 11.8 Å². The molecule has 0 spiro atoms. The Labute approximate surface area is 114 Å². The molecule has 2 unspecified atom stereocenters. The molecule has 1 aromatic rings. The van der Waals surface area contributed by atoms with Crippen LogP contribution in [0.5, 0.6) is 5.75 Å². The molecular weight excluding hydrogens is 248 g/mol. The number of hydrogen-bond acceptors (Lipinski definition) is 3. The van der Waals surface area contributed by atoms with Crippen molar-refractivity contribution in [3.63, 3.8) is 0 Å². The first kappa shape index (κ1) is 13.7. The van der Waals surface area contributed by atoms with Gasteiger partial charge in [0.1, 0.15) is 11.9 Å². The van der Waals surface area contributed by atoms with Crippen LogP contribution in [0.1, 0.15) is 32.6 Å². The molecule has 1 fully saturated rings. The predicted molar refractivity (Wildman–Crippen MR) is 74.6 cm³/mol. The van der Waals surface area contributed by atoms with Gasteiger partial charge in [0, 0.05) is 5.02 Å². The van der Waals surface area contributed by atoms with E-state index in [1.54, 1.807) is 0 Å². The molecule has 1 aromatic carbocycles. The highest BCUT2D eigenvalue weighted by atomic mass is 35.5. The third kappa shape index (κ3) is 3.37. The van der Waals surface area contributed by atoms with Gasteiger partial charge in [0.15, 0.2) is 0 Å². The van der Waals surface area contributed by atoms with Crippen molar-refractivity contribution >= 4 is 11.6 Å². The van der Waals surface area contributed by atoms with Crippen LogP contribution in [0.2, 0.25) is 5.02 Å². The molecule has 3 nitrogen and oxygen atoms in total. The second-order valence-corrected chi connectivity index (χ2v) is 5.45. The van der Waals surface area contributed by atoms with E-state index in [4.69, 9.17) is 22.2 Å². The zero-order valence-corrected chi connectivity index (χ0v) is 11.5. The Kier molecular flexibility index (Phi) is 4.87. The average Bonchev–Trinajstić information content (AvgIpc) is 2.83. The normalized spacial score (nSPS) is 19.7. The first-order chi connectivity index (χ1) is 8.70. The van der Waals surface area contributed by atoms with Gasteiger partial charge in [-0.1, -0.05) is 30.5 Å². The van der Waals surface area contributed by atoms with E-state index in [0.29, 0.717) is 10.9 Å². The minimum absolute atomic E-state index is 0.0385. The van der Waals surface area contributed by atoms with Gasteiger partial charge < -0.3 is 4.74 Å². The smallest absolute Gasteiger partial charge is 0.121 e. The molecule has 0 aromatic heterocycles. The largest absolute Gasteiger partial charge is 0.489 e. The Morgan fingerprint density at radius 3 is 2.72 bits per heavy atom. The van der Waals surface area contributed by atoms with Crippen LogP contribution in [0.15, 0.2) is 24.3 Å². The monoisotopic (exact) mass is 268 g/mol. The molecule has 3 N–H and O–H groups in total. The van der Waals surface area contributed by atoms with Crippen molar-refractivity contribution in [2.45, 2.75) is 44.8 Å². The third-order valence-electron chi connectivity index (χ3n) is 3.72. The molecule has 18 heavy (non-hydrogen) atoms. The van der Waals surface area contributed by atoms with Crippen LogP contribution in [0.25, 0.3) is 0 Å². The Bertz CT molecular complexity index is 380. The first-order valence-electron chi connectivity index (χ1n) is 6.59. The minimum Gasteiger partial charge on any atom is -0.489 e. The average molecular weight is 269 g/mol. The predicted octanol–water partition coefficient (Wildman–Crippen LogP) is 3.13. The quantitative estimate of drug-likeness (QED) is 0.637. The molecular formula is C14H21ClN2O. The maximum atomic E-state index is 5.95. The number of halogens is 1. The standard InChI is InChI=1S/C14H21ClN2O/c1-10(14(17-16)11-5-2-3-6-11)18-13-8-4-7-12(15)9-13/h4,7-11,14,17H,2-3,5-6,16H2,1H3. The lowest BCUT2D eigenvalue weighted by molar-refractivity contribution is 0.135. The number of nitrogens with one attached hydrogen (secondary N) is 1. The molecule has 1 saturated carbocycles. The van der Waals surface area contributed by atoms with Gasteiger partial charge in [-0.3, -0.25) is 11.3 Å². The van der Waals surface area contributed by atoms with E-state index in [1.165, 1.54) is 25.7 Å².